The number of hydrogen-bond donors (Lipinski definition) is 0. The molecule has 15 heavy (non-hydrogen) atoms. The Labute approximate surface area is 91.0 Å². The van der Waals surface area contributed by atoms with Crippen molar-refractivity contribution in [1.82, 2.24) is 0 Å². The summed E-state index contributed by atoms with van der Waals surface area (Å²) < 4.78 is 11.3. The number of Topliss-reactive ketones (excluding diaryl/α,β-unsaturated/α-hetero) is 1. The maximum Gasteiger partial charge on any atom is 0.377 e. The van der Waals surface area contributed by atoms with Gasteiger partial charge in [-0.1, -0.05) is 11.5 Å². The van der Waals surface area contributed by atoms with E-state index in [9.17, 15) is 9.36 Å². The van der Waals surface area contributed by atoms with Crippen LogP contribution in [0.3, 0.4) is 0 Å². The van der Waals surface area contributed by atoms with Crippen LogP contribution in [0.5, 0.6) is 0 Å². The van der Waals surface area contributed by atoms with Crippen LogP contribution in [-0.4, -0.2) is 25.4 Å². The first-order valence-electron chi connectivity index (χ1n) is 4.61. The summed E-state index contributed by atoms with van der Waals surface area (Å²) in [7, 11) is -0.330. The molecule has 0 aliphatic rings. The van der Waals surface area contributed by atoms with E-state index in [2.05, 4.69) is 21.6 Å². The first-order valence-corrected chi connectivity index (χ1v) is 6.24. The predicted octanol–water partition coefficient (Wildman–Crippen LogP) is 1.97. The average Bonchev–Trinajstić information content (AvgIpc) is 2.22. The number of hydrogen-bond acceptors (Lipinski definition) is 4. The van der Waals surface area contributed by atoms with Crippen molar-refractivity contribution in [3.8, 4) is 11.8 Å². The number of ketones is 1. The third kappa shape index (κ3) is 7.21. The van der Waals surface area contributed by atoms with Crippen LogP contribution in [0.1, 0.15) is 20.3 Å². The van der Waals surface area contributed by atoms with Crippen LogP contribution in [-0.2, 0) is 19.1 Å². The van der Waals surface area contributed by atoms with Crippen molar-refractivity contribution < 1.29 is 19.1 Å². The van der Waals surface area contributed by atoms with Gasteiger partial charge in [-0.2, -0.15) is 4.89 Å². The topological polar surface area (TPSA) is 52.6 Å². The number of rotatable bonds is 7. The predicted molar refractivity (Wildman–Crippen MR) is 57.7 cm³/mol. The first-order chi connectivity index (χ1) is 7.11. The second kappa shape index (κ2) is 8.55. The summed E-state index contributed by atoms with van der Waals surface area (Å²) in [6, 6.07) is 0. The summed E-state index contributed by atoms with van der Waals surface area (Å²) in [6.45, 7) is 3.51. The van der Waals surface area contributed by atoms with Gasteiger partial charge in [0.1, 0.15) is 0 Å². The Hall–Kier alpha value is -0.750. The summed E-state index contributed by atoms with van der Waals surface area (Å²) in [5.74, 6) is 5.33. The molecule has 0 aromatic rings. The van der Waals surface area contributed by atoms with Gasteiger partial charge in [0, 0.05) is 12.3 Å². The molecule has 0 radical (unpaired) electrons. The van der Waals surface area contributed by atoms with Crippen LogP contribution in [0.15, 0.2) is 0 Å². The zero-order valence-corrected chi connectivity index (χ0v) is 10.2. The van der Waals surface area contributed by atoms with Crippen molar-refractivity contribution in [1.29, 1.82) is 0 Å². The van der Waals surface area contributed by atoms with Crippen molar-refractivity contribution in [3.05, 3.63) is 0 Å². The molecule has 0 rings (SSSR count). The molecule has 0 aliphatic heterocycles. The standard InChI is InChI=1S/C10H16O4P/c1-4-5-6-9(2)10(11)7-15(12)8-14-13-3/h9H,6-8H2,1-3H3/q+1. The van der Waals surface area contributed by atoms with E-state index in [-0.39, 0.29) is 24.2 Å². The lowest BCUT2D eigenvalue weighted by molar-refractivity contribution is -0.256. The van der Waals surface area contributed by atoms with E-state index >= 15 is 0 Å². The molecule has 0 aromatic heterocycles. The van der Waals surface area contributed by atoms with E-state index in [0.29, 0.717) is 6.42 Å². The molecule has 2 atom stereocenters. The minimum absolute atomic E-state index is 0.0330. The molecule has 0 saturated carbocycles. The number of carbonyl (C=O) groups excluding carboxylic acids is 1. The molecule has 0 amide bonds. The third-order valence-corrected chi connectivity index (χ3v) is 2.84. The summed E-state index contributed by atoms with van der Waals surface area (Å²) in [6.07, 6.45) is 0.513. The van der Waals surface area contributed by atoms with Gasteiger partial charge in [0.25, 0.3) is 6.35 Å². The molecular formula is C10H16O4P+. The van der Waals surface area contributed by atoms with Crippen LogP contribution in [0.4, 0.5) is 0 Å². The van der Waals surface area contributed by atoms with Gasteiger partial charge in [-0.05, 0) is 6.92 Å². The van der Waals surface area contributed by atoms with Gasteiger partial charge >= 0.3 is 7.80 Å². The molecule has 0 N–H and O–H groups in total. The van der Waals surface area contributed by atoms with E-state index in [1.165, 1.54) is 7.11 Å². The first kappa shape index (κ1) is 14.2. The van der Waals surface area contributed by atoms with Gasteiger partial charge < -0.3 is 0 Å². The fourth-order valence-corrected chi connectivity index (χ4v) is 1.83. The molecule has 2 unspecified atom stereocenters. The van der Waals surface area contributed by atoms with E-state index < -0.39 is 7.80 Å². The average molecular weight is 231 g/mol. The van der Waals surface area contributed by atoms with Crippen molar-refractivity contribution in [3.63, 3.8) is 0 Å². The molecule has 0 aromatic carbocycles. The van der Waals surface area contributed by atoms with Gasteiger partial charge in [-0.15, -0.1) is 11.8 Å². The van der Waals surface area contributed by atoms with Gasteiger partial charge in [-0.3, -0.25) is 4.79 Å². The van der Waals surface area contributed by atoms with Crippen LogP contribution in [0.25, 0.3) is 0 Å². The molecule has 0 fully saturated rings. The monoisotopic (exact) mass is 231 g/mol. The molecule has 0 aliphatic carbocycles. The highest BCUT2D eigenvalue weighted by molar-refractivity contribution is 7.45. The lowest BCUT2D eigenvalue weighted by Gasteiger charge is -2.00. The van der Waals surface area contributed by atoms with Crippen molar-refractivity contribution >= 4 is 13.6 Å². The van der Waals surface area contributed by atoms with Crippen LogP contribution < -0.4 is 0 Å². The molecule has 4 nitrogen and oxygen atoms in total. The highest BCUT2D eigenvalue weighted by atomic mass is 31.1. The third-order valence-electron chi connectivity index (χ3n) is 1.78. The van der Waals surface area contributed by atoms with E-state index in [1.54, 1.807) is 13.8 Å². The van der Waals surface area contributed by atoms with Gasteiger partial charge in [0.2, 0.25) is 6.16 Å². The van der Waals surface area contributed by atoms with E-state index in [4.69, 9.17) is 0 Å². The minimum atomic E-state index is -1.67. The summed E-state index contributed by atoms with van der Waals surface area (Å²) in [5, 5.41) is 0. The Bertz CT molecular complexity index is 277. The molecule has 5 heteroatoms. The maximum absolute atomic E-state index is 11.5. The van der Waals surface area contributed by atoms with Crippen molar-refractivity contribution in [2.45, 2.75) is 20.3 Å². The maximum atomic E-state index is 11.5. The molecule has 0 heterocycles. The Balaban J connectivity index is 3.88. The van der Waals surface area contributed by atoms with E-state index in [1.807, 2.05) is 0 Å². The van der Waals surface area contributed by atoms with Crippen molar-refractivity contribution in [2.75, 3.05) is 19.6 Å². The minimum Gasteiger partial charge on any atom is -0.295 e. The Morgan fingerprint density at radius 1 is 1.53 bits per heavy atom. The van der Waals surface area contributed by atoms with Gasteiger partial charge in [0.05, 0.1) is 7.11 Å². The molecular weight excluding hydrogens is 215 g/mol. The highest BCUT2D eigenvalue weighted by Crippen LogP contribution is 2.22. The quantitative estimate of drug-likeness (QED) is 0.291. The Morgan fingerprint density at radius 2 is 2.20 bits per heavy atom. The Morgan fingerprint density at radius 3 is 2.73 bits per heavy atom. The summed E-state index contributed by atoms with van der Waals surface area (Å²) >= 11 is 0. The SMILES string of the molecule is CC#CCC(C)C(=O)C[P+](=O)COOC. The second-order valence-electron chi connectivity index (χ2n) is 3.05. The lowest BCUT2D eigenvalue weighted by atomic mass is 10.0. The lowest BCUT2D eigenvalue weighted by Crippen LogP contribution is -2.13. The van der Waals surface area contributed by atoms with E-state index in [0.717, 1.165) is 0 Å². The largest absolute Gasteiger partial charge is 0.377 e. The summed E-state index contributed by atoms with van der Waals surface area (Å²) in [4.78, 5) is 20.3. The summed E-state index contributed by atoms with van der Waals surface area (Å²) in [5.41, 5.74) is 0. The van der Waals surface area contributed by atoms with Crippen LogP contribution in [0, 0.1) is 17.8 Å². The van der Waals surface area contributed by atoms with Gasteiger partial charge in [-0.25, -0.2) is 4.89 Å². The molecule has 84 valence electrons. The Kier molecular flexibility index (Phi) is 8.12. The highest BCUT2D eigenvalue weighted by Gasteiger charge is 2.24. The molecule has 0 bridgehead atoms. The van der Waals surface area contributed by atoms with Crippen LogP contribution >= 0.6 is 7.80 Å². The van der Waals surface area contributed by atoms with Gasteiger partial charge in [0.15, 0.2) is 5.78 Å². The second-order valence-corrected chi connectivity index (χ2v) is 4.59. The fraction of sp³-hybridized carbons (Fsp3) is 0.700. The van der Waals surface area contributed by atoms with Crippen molar-refractivity contribution in [2.24, 2.45) is 5.92 Å². The van der Waals surface area contributed by atoms with Crippen LogP contribution in [0.2, 0.25) is 0 Å². The molecule has 0 spiro atoms. The fourth-order valence-electron chi connectivity index (χ4n) is 0.856. The zero-order chi connectivity index (χ0) is 11.7. The number of carbonyl (C=O) groups is 1. The zero-order valence-electron chi connectivity index (χ0n) is 9.28. The smallest absolute Gasteiger partial charge is 0.295 e. The molecule has 0 saturated heterocycles. The normalized spacial score (nSPS) is 12.6.